The maximum atomic E-state index is 11.3. The van der Waals surface area contributed by atoms with Crippen LogP contribution in [0.5, 0.6) is 0 Å². The van der Waals surface area contributed by atoms with Gasteiger partial charge in [0, 0.05) is 13.6 Å². The van der Waals surface area contributed by atoms with Gasteiger partial charge in [-0.1, -0.05) is 5.21 Å². The van der Waals surface area contributed by atoms with Crippen LogP contribution in [0.2, 0.25) is 0 Å². The van der Waals surface area contributed by atoms with Crippen LogP contribution in [0.15, 0.2) is 6.20 Å². The lowest BCUT2D eigenvalue weighted by atomic mass is 10.00. The van der Waals surface area contributed by atoms with E-state index in [-0.39, 0.29) is 5.91 Å². The van der Waals surface area contributed by atoms with E-state index >= 15 is 0 Å². The van der Waals surface area contributed by atoms with E-state index in [4.69, 9.17) is 0 Å². The van der Waals surface area contributed by atoms with E-state index in [0.717, 1.165) is 19.6 Å². The number of amides is 1. The first-order valence-corrected chi connectivity index (χ1v) is 5.62. The molecule has 1 fully saturated rings. The molecule has 0 aromatic carbocycles. The maximum absolute atomic E-state index is 11.3. The zero-order valence-electron chi connectivity index (χ0n) is 9.44. The first kappa shape index (κ1) is 11.1. The highest BCUT2D eigenvalue weighted by molar-refractivity contribution is 5.91. The molecule has 0 bridgehead atoms. The highest BCUT2D eigenvalue weighted by Gasteiger charge is 2.15. The Balaban J connectivity index is 1.94. The molecule has 1 atom stereocenters. The SMILES string of the molecule is CNC(=O)c1cn(C[C@H]2CCCNC2)nn1. The monoisotopic (exact) mass is 223 g/mol. The molecule has 1 aromatic rings. The molecular weight excluding hydrogens is 206 g/mol. The van der Waals surface area contributed by atoms with Gasteiger partial charge in [-0.3, -0.25) is 9.48 Å². The molecule has 1 aliphatic heterocycles. The van der Waals surface area contributed by atoms with E-state index in [0.29, 0.717) is 11.6 Å². The van der Waals surface area contributed by atoms with Gasteiger partial charge in [-0.05, 0) is 31.8 Å². The molecule has 1 aliphatic rings. The van der Waals surface area contributed by atoms with Gasteiger partial charge in [0.2, 0.25) is 0 Å². The number of nitrogens with one attached hydrogen (secondary N) is 2. The molecule has 2 N–H and O–H groups in total. The van der Waals surface area contributed by atoms with Crippen molar-refractivity contribution in [3.8, 4) is 0 Å². The average molecular weight is 223 g/mol. The van der Waals surface area contributed by atoms with Crippen LogP contribution in [0.25, 0.3) is 0 Å². The van der Waals surface area contributed by atoms with Crippen molar-refractivity contribution in [3.05, 3.63) is 11.9 Å². The lowest BCUT2D eigenvalue weighted by Gasteiger charge is -2.22. The van der Waals surface area contributed by atoms with Crippen molar-refractivity contribution in [2.24, 2.45) is 5.92 Å². The van der Waals surface area contributed by atoms with Gasteiger partial charge in [0.1, 0.15) is 0 Å². The zero-order chi connectivity index (χ0) is 11.4. The summed E-state index contributed by atoms with van der Waals surface area (Å²) in [4.78, 5) is 11.3. The Morgan fingerprint density at radius 1 is 1.75 bits per heavy atom. The Bertz CT molecular complexity index is 356. The highest BCUT2D eigenvalue weighted by atomic mass is 16.1. The number of hydrogen-bond donors (Lipinski definition) is 2. The van der Waals surface area contributed by atoms with Gasteiger partial charge in [-0.15, -0.1) is 5.10 Å². The normalized spacial score (nSPS) is 20.7. The number of hydrogen-bond acceptors (Lipinski definition) is 4. The molecule has 0 radical (unpaired) electrons. The molecule has 88 valence electrons. The van der Waals surface area contributed by atoms with Crippen molar-refractivity contribution in [1.29, 1.82) is 0 Å². The summed E-state index contributed by atoms with van der Waals surface area (Å²) in [5.74, 6) is 0.404. The van der Waals surface area contributed by atoms with Crippen LogP contribution in [0.1, 0.15) is 23.3 Å². The first-order valence-electron chi connectivity index (χ1n) is 5.62. The van der Waals surface area contributed by atoms with E-state index < -0.39 is 0 Å². The Hall–Kier alpha value is -1.43. The second kappa shape index (κ2) is 5.07. The minimum Gasteiger partial charge on any atom is -0.354 e. The van der Waals surface area contributed by atoms with Crippen molar-refractivity contribution >= 4 is 5.91 Å². The minimum absolute atomic E-state index is 0.187. The van der Waals surface area contributed by atoms with Gasteiger partial charge in [0.25, 0.3) is 5.91 Å². The second-order valence-corrected chi connectivity index (χ2v) is 4.12. The molecular formula is C10H17N5O. The third-order valence-corrected chi connectivity index (χ3v) is 2.84. The first-order chi connectivity index (χ1) is 7.79. The number of piperidine rings is 1. The number of aromatic nitrogens is 3. The fraction of sp³-hybridized carbons (Fsp3) is 0.700. The molecule has 2 rings (SSSR count). The van der Waals surface area contributed by atoms with Crippen molar-refractivity contribution in [1.82, 2.24) is 25.6 Å². The number of carbonyl (C=O) groups is 1. The summed E-state index contributed by atoms with van der Waals surface area (Å²) in [5.41, 5.74) is 0.381. The summed E-state index contributed by atoms with van der Waals surface area (Å²) in [5, 5.41) is 13.7. The molecule has 1 saturated heterocycles. The van der Waals surface area contributed by atoms with Crippen LogP contribution in [0.4, 0.5) is 0 Å². The molecule has 0 unspecified atom stereocenters. The largest absolute Gasteiger partial charge is 0.354 e. The second-order valence-electron chi connectivity index (χ2n) is 4.12. The van der Waals surface area contributed by atoms with Gasteiger partial charge in [0.05, 0.1) is 6.20 Å². The molecule has 0 spiro atoms. The lowest BCUT2D eigenvalue weighted by molar-refractivity contribution is 0.0958. The van der Waals surface area contributed by atoms with Crippen molar-refractivity contribution < 1.29 is 4.79 Å². The summed E-state index contributed by atoms with van der Waals surface area (Å²) in [7, 11) is 1.59. The number of rotatable bonds is 3. The van der Waals surface area contributed by atoms with Crippen LogP contribution in [-0.2, 0) is 6.54 Å². The molecule has 6 nitrogen and oxygen atoms in total. The van der Waals surface area contributed by atoms with E-state index in [1.165, 1.54) is 12.8 Å². The van der Waals surface area contributed by atoms with E-state index in [1.54, 1.807) is 17.9 Å². The van der Waals surface area contributed by atoms with E-state index in [2.05, 4.69) is 20.9 Å². The number of nitrogens with zero attached hydrogens (tertiary/aromatic N) is 3. The molecule has 0 aliphatic carbocycles. The summed E-state index contributed by atoms with van der Waals surface area (Å²) in [6, 6.07) is 0. The van der Waals surface area contributed by atoms with Crippen molar-refractivity contribution in [2.45, 2.75) is 19.4 Å². The molecule has 1 aromatic heterocycles. The predicted molar refractivity (Wildman–Crippen MR) is 59.0 cm³/mol. The van der Waals surface area contributed by atoms with Crippen molar-refractivity contribution in [2.75, 3.05) is 20.1 Å². The minimum atomic E-state index is -0.187. The maximum Gasteiger partial charge on any atom is 0.273 e. The van der Waals surface area contributed by atoms with Crippen LogP contribution in [0.3, 0.4) is 0 Å². The van der Waals surface area contributed by atoms with Gasteiger partial charge in [-0.2, -0.15) is 0 Å². The Morgan fingerprint density at radius 3 is 3.31 bits per heavy atom. The Morgan fingerprint density at radius 2 is 2.62 bits per heavy atom. The summed E-state index contributed by atoms with van der Waals surface area (Å²) < 4.78 is 1.75. The highest BCUT2D eigenvalue weighted by Crippen LogP contribution is 2.11. The van der Waals surface area contributed by atoms with Gasteiger partial charge in [0.15, 0.2) is 5.69 Å². The van der Waals surface area contributed by atoms with Crippen molar-refractivity contribution in [3.63, 3.8) is 0 Å². The molecule has 1 amide bonds. The summed E-state index contributed by atoms with van der Waals surface area (Å²) in [6.45, 7) is 2.96. The third kappa shape index (κ3) is 2.57. The Labute approximate surface area is 94.4 Å². The smallest absolute Gasteiger partial charge is 0.273 e. The van der Waals surface area contributed by atoms with Gasteiger partial charge < -0.3 is 10.6 Å². The number of carbonyl (C=O) groups excluding carboxylic acids is 1. The quantitative estimate of drug-likeness (QED) is 0.734. The molecule has 0 saturated carbocycles. The zero-order valence-corrected chi connectivity index (χ0v) is 9.44. The summed E-state index contributed by atoms with van der Waals surface area (Å²) in [6.07, 6.45) is 4.12. The summed E-state index contributed by atoms with van der Waals surface area (Å²) >= 11 is 0. The van der Waals surface area contributed by atoms with Crippen LogP contribution < -0.4 is 10.6 Å². The van der Waals surface area contributed by atoms with Gasteiger partial charge in [-0.25, -0.2) is 0 Å². The molecule has 6 heteroatoms. The van der Waals surface area contributed by atoms with Crippen LogP contribution in [-0.4, -0.2) is 41.0 Å². The lowest BCUT2D eigenvalue weighted by Crippen LogP contribution is -2.32. The third-order valence-electron chi connectivity index (χ3n) is 2.84. The molecule has 16 heavy (non-hydrogen) atoms. The Kier molecular flexibility index (Phi) is 3.51. The van der Waals surface area contributed by atoms with E-state index in [9.17, 15) is 4.79 Å². The standard InChI is InChI=1S/C10H17N5O/c1-11-10(16)9-7-15(14-13-9)6-8-3-2-4-12-5-8/h7-8,12H,2-6H2,1H3,(H,11,16)/t8-/m0/s1. The van der Waals surface area contributed by atoms with Crippen LogP contribution in [0, 0.1) is 5.92 Å². The topological polar surface area (TPSA) is 71.8 Å². The predicted octanol–water partition coefficient (Wildman–Crippen LogP) is -0.363. The fourth-order valence-corrected chi connectivity index (χ4v) is 1.96. The fourth-order valence-electron chi connectivity index (χ4n) is 1.96. The van der Waals surface area contributed by atoms with Crippen LogP contribution >= 0.6 is 0 Å². The molecule has 2 heterocycles. The van der Waals surface area contributed by atoms with E-state index in [1.807, 2.05) is 0 Å². The average Bonchev–Trinajstić information content (AvgIpc) is 2.78. The van der Waals surface area contributed by atoms with Gasteiger partial charge >= 0.3 is 0 Å².